The summed E-state index contributed by atoms with van der Waals surface area (Å²) in [5, 5.41) is 0. The van der Waals surface area contributed by atoms with Crippen LogP contribution in [0.4, 0.5) is 0 Å². The van der Waals surface area contributed by atoms with Crippen molar-refractivity contribution >= 4 is 5.97 Å². The first-order valence-electron chi connectivity index (χ1n) is 12.0. The first kappa shape index (κ1) is 23.8. The smallest absolute Gasteiger partial charge is 1.00 e. The Morgan fingerprint density at radius 1 is 1.00 bits per heavy atom. The maximum Gasteiger partial charge on any atom is 1.00 e. The average Bonchev–Trinajstić information content (AvgIpc) is 3.02. The predicted octanol–water partition coefficient (Wildman–Crippen LogP) is 3.74. The zero-order valence-electron chi connectivity index (χ0n) is 20.3. The topological polar surface area (TPSA) is 26.3 Å². The van der Waals surface area contributed by atoms with Gasteiger partial charge in [0, 0.05) is 6.42 Å². The van der Waals surface area contributed by atoms with Gasteiger partial charge in [0.15, 0.2) is 0 Å². The van der Waals surface area contributed by atoms with E-state index in [1.165, 1.54) is 71.3 Å². The van der Waals surface area contributed by atoms with E-state index in [-0.39, 0.29) is 58.8 Å². The van der Waals surface area contributed by atoms with Gasteiger partial charge in [-0.3, -0.25) is 4.79 Å². The number of methoxy groups -OCH3 is 1. The number of carbonyl (C=O) groups excluding carboxylic acids is 1. The molecule has 4 aliphatic rings. The number of esters is 1. The Morgan fingerprint density at radius 3 is 2.50 bits per heavy atom. The molecule has 0 radical (unpaired) electrons. The van der Waals surface area contributed by atoms with Crippen LogP contribution in [0, 0.1) is 46.3 Å². The van der Waals surface area contributed by atoms with Crippen molar-refractivity contribution < 1.29 is 62.3 Å². The molecule has 4 aliphatic carbocycles. The van der Waals surface area contributed by atoms with Gasteiger partial charge in [0.1, 0.15) is 0 Å². The van der Waals surface area contributed by atoms with Crippen molar-refractivity contribution in [2.45, 2.75) is 97.8 Å². The molecule has 4 rings (SSSR count). The fourth-order valence-electron chi connectivity index (χ4n) is 9.11. The van der Waals surface area contributed by atoms with Crippen molar-refractivity contribution in [2.24, 2.45) is 46.3 Å². The Bertz CT molecular complexity index is 569. The third-order valence-electron chi connectivity index (χ3n) is 10.6. The van der Waals surface area contributed by atoms with Gasteiger partial charge in [-0.25, -0.2) is 0 Å². The van der Waals surface area contributed by atoms with Crippen LogP contribution in [0.3, 0.4) is 0 Å². The van der Waals surface area contributed by atoms with Crippen LogP contribution in [0.5, 0.6) is 0 Å². The van der Waals surface area contributed by atoms with E-state index in [0.717, 1.165) is 41.9 Å². The third-order valence-corrected chi connectivity index (χ3v) is 10.6. The van der Waals surface area contributed by atoms with Gasteiger partial charge in [-0.15, -0.1) is 0 Å². The summed E-state index contributed by atoms with van der Waals surface area (Å²) in [7, 11) is 1.54. The zero-order chi connectivity index (χ0) is 19.2. The third kappa shape index (κ3) is 3.76. The molecular weight excluding hydrogens is 371 g/mol. The maximum atomic E-state index is 11.8. The van der Waals surface area contributed by atoms with Gasteiger partial charge in [0.2, 0.25) is 0 Å². The van der Waals surface area contributed by atoms with Crippen molar-refractivity contribution in [3.05, 3.63) is 0 Å². The number of rotatable bonds is 4. The molecule has 0 N–H and O–H groups in total. The van der Waals surface area contributed by atoms with E-state index < -0.39 is 0 Å². The van der Waals surface area contributed by atoms with Crippen LogP contribution >= 0.6 is 0 Å². The Morgan fingerprint density at radius 2 is 1.79 bits per heavy atom. The molecule has 0 aromatic carbocycles. The second kappa shape index (κ2) is 9.31. The minimum atomic E-state index is -0.00844. The first-order valence-corrected chi connectivity index (χ1v) is 12.0. The van der Waals surface area contributed by atoms with Gasteiger partial charge >= 0.3 is 57.4 Å². The summed E-state index contributed by atoms with van der Waals surface area (Å²) >= 11 is 0. The second-order valence-corrected chi connectivity index (χ2v) is 11.0. The molecule has 2 unspecified atom stereocenters. The summed E-state index contributed by atoms with van der Waals surface area (Å²) in [6.45, 7) is 7.73. The molecule has 8 atom stereocenters. The van der Waals surface area contributed by atoms with E-state index in [0.29, 0.717) is 17.3 Å². The number of fused-ring (bicyclic) bond motifs is 5. The molecule has 0 heterocycles. The van der Waals surface area contributed by atoms with Crippen LogP contribution in [-0.4, -0.2) is 13.1 Å². The van der Waals surface area contributed by atoms with Crippen LogP contribution in [0.25, 0.3) is 0 Å². The number of hydrogen-bond acceptors (Lipinski definition) is 2. The van der Waals surface area contributed by atoms with Crippen LogP contribution in [0.2, 0.25) is 0 Å². The van der Waals surface area contributed by atoms with Gasteiger partial charge in [-0.1, -0.05) is 33.6 Å². The molecule has 0 amide bonds. The Kier molecular flexibility index (Phi) is 7.90. The molecule has 0 spiro atoms. The molecule has 0 aromatic heterocycles. The van der Waals surface area contributed by atoms with E-state index in [1.54, 1.807) is 0 Å². The Labute approximate surface area is 217 Å². The van der Waals surface area contributed by atoms with Gasteiger partial charge in [0.05, 0.1) is 7.11 Å². The Balaban J connectivity index is 0.00000150. The molecule has 156 valence electrons. The molecular formula is C25H43KO2. The first-order chi connectivity index (χ1) is 12.9. The quantitative estimate of drug-likeness (QED) is 0.517. The van der Waals surface area contributed by atoms with E-state index >= 15 is 0 Å². The molecule has 0 aliphatic heterocycles. The molecule has 0 saturated heterocycles. The minimum absolute atomic E-state index is 0. The van der Waals surface area contributed by atoms with Gasteiger partial charge in [-0.2, -0.15) is 0 Å². The van der Waals surface area contributed by atoms with Crippen molar-refractivity contribution in [1.29, 1.82) is 0 Å². The summed E-state index contributed by atoms with van der Waals surface area (Å²) in [5.74, 6) is 5.44. The van der Waals surface area contributed by atoms with Gasteiger partial charge in [0.25, 0.3) is 0 Å². The molecule has 2 nitrogen and oxygen atoms in total. The summed E-state index contributed by atoms with van der Waals surface area (Å²) in [4.78, 5) is 11.8. The van der Waals surface area contributed by atoms with E-state index in [2.05, 4.69) is 20.8 Å². The van der Waals surface area contributed by atoms with E-state index in [1.807, 2.05) is 0 Å². The summed E-state index contributed by atoms with van der Waals surface area (Å²) in [6, 6.07) is 0. The molecule has 28 heavy (non-hydrogen) atoms. The van der Waals surface area contributed by atoms with Crippen molar-refractivity contribution in [2.75, 3.05) is 7.11 Å². The summed E-state index contributed by atoms with van der Waals surface area (Å²) in [6.07, 6.45) is 16.1. The SMILES string of the molecule is CC[C@H]1CC[C@H]2[C@@H]3CCC4CCCC(CCC(=O)OC)[C@]4(C)[C@H]3CC[C@]12C.[H-].[K+]. The normalized spacial score (nSPS) is 47.3. The molecule has 0 aromatic rings. The van der Waals surface area contributed by atoms with Gasteiger partial charge < -0.3 is 6.16 Å². The number of hydrogen-bond donors (Lipinski definition) is 0. The number of ether oxygens (including phenoxy) is 1. The molecule has 3 heteroatoms. The molecule has 4 saturated carbocycles. The summed E-state index contributed by atoms with van der Waals surface area (Å²) < 4.78 is 4.97. The van der Waals surface area contributed by atoms with Crippen molar-refractivity contribution in [3.63, 3.8) is 0 Å². The number of carbonyl (C=O) groups is 1. The largest absolute Gasteiger partial charge is 1.00 e. The van der Waals surface area contributed by atoms with Gasteiger partial charge in [-0.05, 0) is 104 Å². The maximum absolute atomic E-state index is 11.8. The summed E-state index contributed by atoms with van der Waals surface area (Å²) in [5.41, 5.74) is 1.09. The van der Waals surface area contributed by atoms with E-state index in [9.17, 15) is 4.79 Å². The molecule has 0 bridgehead atoms. The standard InChI is InChI=1S/C25H42O2.K.H/c1-5-17-10-13-21-20-12-9-18-7-6-8-19(11-14-23(26)27-4)25(18,3)22(20)15-16-24(17,21)2;;/h17-22H,5-16H2,1-4H3;;/q;+1;-1/t17-,18?,19?,20-,21-,22-,24+,25+;;/m0../s1. The fraction of sp³-hybridized carbons (Fsp3) is 0.960. The second-order valence-electron chi connectivity index (χ2n) is 11.0. The van der Waals surface area contributed by atoms with E-state index in [4.69, 9.17) is 4.74 Å². The minimum Gasteiger partial charge on any atom is -1.00 e. The zero-order valence-corrected chi connectivity index (χ0v) is 22.4. The molecule has 4 fully saturated rings. The predicted molar refractivity (Wildman–Crippen MR) is 111 cm³/mol. The average molecular weight is 415 g/mol. The van der Waals surface area contributed by atoms with Crippen LogP contribution in [-0.2, 0) is 9.53 Å². The van der Waals surface area contributed by atoms with Crippen molar-refractivity contribution in [3.8, 4) is 0 Å². The Hall–Kier alpha value is 1.11. The fourth-order valence-corrected chi connectivity index (χ4v) is 9.11. The van der Waals surface area contributed by atoms with Crippen LogP contribution < -0.4 is 51.4 Å². The van der Waals surface area contributed by atoms with Crippen molar-refractivity contribution in [1.82, 2.24) is 0 Å². The monoisotopic (exact) mass is 414 g/mol. The van der Waals surface area contributed by atoms with Crippen LogP contribution in [0.1, 0.15) is 99.2 Å². The van der Waals surface area contributed by atoms with Crippen LogP contribution in [0.15, 0.2) is 0 Å².